The smallest absolute Gasteiger partial charge is 0.291 e. The van der Waals surface area contributed by atoms with Crippen LogP contribution < -0.4 is 0 Å². The zero-order chi connectivity index (χ0) is 17.2. The van der Waals surface area contributed by atoms with Crippen molar-refractivity contribution >= 4 is 39.2 Å². The Hall–Kier alpha value is -1.27. The Labute approximate surface area is 144 Å². The van der Waals surface area contributed by atoms with Crippen LogP contribution in [0.25, 0.3) is 0 Å². The zero-order valence-electron chi connectivity index (χ0n) is 12.1. The van der Waals surface area contributed by atoms with Gasteiger partial charge in [0.1, 0.15) is 0 Å². The van der Waals surface area contributed by atoms with Gasteiger partial charge in [-0.3, -0.25) is 4.79 Å². The highest BCUT2D eigenvalue weighted by Crippen LogP contribution is 2.38. The Morgan fingerprint density at radius 1 is 1.00 bits per heavy atom. The van der Waals surface area contributed by atoms with Crippen LogP contribution in [0, 0.1) is 0 Å². The van der Waals surface area contributed by atoms with Gasteiger partial charge in [-0.25, -0.2) is 0 Å². The first-order chi connectivity index (χ1) is 10.7. The third-order valence-corrected chi connectivity index (χ3v) is 5.95. The van der Waals surface area contributed by atoms with Crippen molar-refractivity contribution < 1.29 is 17.9 Å². The topological polar surface area (TPSA) is 54.4 Å². The highest BCUT2D eigenvalue weighted by molar-refractivity contribution is 7.99. The second kappa shape index (κ2) is 7.09. The van der Waals surface area contributed by atoms with E-state index in [0.717, 1.165) is 6.92 Å². The molecule has 0 amide bonds. The summed E-state index contributed by atoms with van der Waals surface area (Å²) in [5.41, 5.74) is -1.72. The molecule has 0 heterocycles. The van der Waals surface area contributed by atoms with Gasteiger partial charge < -0.3 is 0 Å². The lowest BCUT2D eigenvalue weighted by Gasteiger charge is -2.19. The predicted molar refractivity (Wildman–Crippen MR) is 91.0 cm³/mol. The number of Topliss-reactive ketones (excluding diaryl/α,β-unsaturated/α-hetero) is 1. The maximum atomic E-state index is 14.2. The summed E-state index contributed by atoms with van der Waals surface area (Å²) < 4.78 is 37.2. The summed E-state index contributed by atoms with van der Waals surface area (Å²) in [4.78, 5) is 11.3. The summed E-state index contributed by atoms with van der Waals surface area (Å²) in [7, 11) is -4.18. The van der Waals surface area contributed by atoms with E-state index in [1.807, 2.05) is 0 Å². The van der Waals surface area contributed by atoms with Crippen molar-refractivity contribution in [1.82, 2.24) is 0 Å². The van der Waals surface area contributed by atoms with Crippen LogP contribution in [-0.2, 0) is 19.2 Å². The van der Waals surface area contributed by atoms with E-state index in [1.54, 1.807) is 0 Å². The predicted octanol–water partition coefficient (Wildman–Crippen LogP) is 4.94. The second-order valence-electron chi connectivity index (χ2n) is 5.02. The highest BCUT2D eigenvalue weighted by Gasteiger charge is 2.50. The molecule has 0 saturated carbocycles. The van der Waals surface area contributed by atoms with E-state index in [2.05, 4.69) is 0 Å². The summed E-state index contributed by atoms with van der Waals surface area (Å²) in [6, 6.07) is 12.3. The van der Waals surface area contributed by atoms with Crippen LogP contribution in [-0.4, -0.2) is 15.8 Å². The van der Waals surface area contributed by atoms with E-state index in [9.17, 15) is 17.9 Å². The number of ketones is 1. The monoisotopic (exact) mass is 375 g/mol. The van der Waals surface area contributed by atoms with Gasteiger partial charge in [0, 0.05) is 28.1 Å². The summed E-state index contributed by atoms with van der Waals surface area (Å²) in [6.45, 7) is 0.946. The van der Waals surface area contributed by atoms with Crippen LogP contribution in [0.5, 0.6) is 0 Å². The first-order valence-corrected chi connectivity index (χ1v) is 9.03. The van der Waals surface area contributed by atoms with Gasteiger partial charge in [-0.15, -0.1) is 0 Å². The number of alkyl halides is 1. The van der Waals surface area contributed by atoms with E-state index >= 15 is 0 Å². The quantitative estimate of drug-likeness (QED) is 0.752. The lowest BCUT2D eigenvalue weighted by molar-refractivity contribution is -0.119. The first kappa shape index (κ1) is 18.1. The molecule has 0 spiro atoms. The van der Waals surface area contributed by atoms with Crippen LogP contribution in [0.1, 0.15) is 23.3 Å². The van der Waals surface area contributed by atoms with Crippen molar-refractivity contribution in [2.75, 3.05) is 0 Å². The molecule has 3 nitrogen and oxygen atoms in total. The summed E-state index contributed by atoms with van der Waals surface area (Å²) in [6.07, 6.45) is 0. The van der Waals surface area contributed by atoms with Crippen molar-refractivity contribution in [2.24, 2.45) is 0 Å². The minimum atomic E-state index is -4.18. The van der Waals surface area contributed by atoms with E-state index < -0.39 is 26.8 Å². The van der Waals surface area contributed by atoms with Gasteiger partial charge in [-0.1, -0.05) is 51.7 Å². The summed E-state index contributed by atoms with van der Waals surface area (Å²) >= 11 is 11.7. The fourth-order valence-corrected chi connectivity index (χ4v) is 4.28. The Morgan fingerprint density at radius 3 is 1.65 bits per heavy atom. The SMILES string of the molecule is CC(=O)C(F)[S+](=O)(O)C(c1ccc(Cl)cc1)c1ccc(Cl)cc1. The molecule has 0 aromatic heterocycles. The molecule has 0 radical (unpaired) electrons. The third-order valence-electron chi connectivity index (χ3n) is 3.30. The number of carbonyl (C=O) groups excluding carboxylic acids is 1. The fraction of sp³-hybridized carbons (Fsp3) is 0.188. The molecule has 0 aliphatic carbocycles. The maximum absolute atomic E-state index is 14.2. The van der Waals surface area contributed by atoms with Crippen molar-refractivity contribution in [3.8, 4) is 0 Å². The molecule has 23 heavy (non-hydrogen) atoms. The minimum Gasteiger partial charge on any atom is -0.291 e. The molecule has 0 fully saturated rings. The number of carbonyl (C=O) groups is 1. The van der Waals surface area contributed by atoms with Gasteiger partial charge in [0.15, 0.2) is 0 Å². The maximum Gasteiger partial charge on any atom is 0.346 e. The fourth-order valence-electron chi connectivity index (χ4n) is 2.21. The largest absolute Gasteiger partial charge is 0.346 e. The van der Waals surface area contributed by atoms with Crippen LogP contribution in [0.4, 0.5) is 4.39 Å². The molecule has 2 aromatic carbocycles. The molecule has 2 unspecified atom stereocenters. The molecule has 1 N–H and O–H groups in total. The van der Waals surface area contributed by atoms with Gasteiger partial charge in [0.05, 0.1) is 0 Å². The lowest BCUT2D eigenvalue weighted by Crippen LogP contribution is -2.35. The molecule has 2 atom stereocenters. The molecule has 2 rings (SSSR count). The summed E-state index contributed by atoms with van der Waals surface area (Å²) in [5, 5.41) is -0.330. The van der Waals surface area contributed by atoms with Crippen molar-refractivity contribution in [3.63, 3.8) is 0 Å². The normalized spacial score (nSPS) is 15.2. The van der Waals surface area contributed by atoms with Crippen LogP contribution in [0.15, 0.2) is 48.5 Å². The van der Waals surface area contributed by atoms with Crippen molar-refractivity contribution in [1.29, 1.82) is 0 Å². The van der Waals surface area contributed by atoms with Crippen LogP contribution >= 0.6 is 23.2 Å². The van der Waals surface area contributed by atoms with Crippen molar-refractivity contribution in [3.05, 3.63) is 69.7 Å². The summed E-state index contributed by atoms with van der Waals surface area (Å²) in [5.74, 6) is -0.995. The molecule has 0 aliphatic heterocycles. The molecule has 0 bridgehead atoms. The van der Waals surface area contributed by atoms with E-state index in [0.29, 0.717) is 21.2 Å². The first-order valence-electron chi connectivity index (χ1n) is 6.63. The van der Waals surface area contributed by atoms with E-state index in [1.165, 1.54) is 48.5 Å². The Bertz CT molecular complexity index is 701. The van der Waals surface area contributed by atoms with E-state index in [4.69, 9.17) is 23.2 Å². The van der Waals surface area contributed by atoms with E-state index in [-0.39, 0.29) is 0 Å². The molecular formula is C16H14Cl2FO3S+. The Kier molecular flexibility index (Phi) is 5.57. The number of hydrogen-bond acceptors (Lipinski definition) is 2. The lowest BCUT2D eigenvalue weighted by atomic mass is 10.0. The average Bonchev–Trinajstić information content (AvgIpc) is 2.50. The van der Waals surface area contributed by atoms with Gasteiger partial charge in [0.25, 0.3) is 10.2 Å². The van der Waals surface area contributed by atoms with Crippen molar-refractivity contribution in [2.45, 2.75) is 17.7 Å². The Morgan fingerprint density at radius 2 is 1.35 bits per heavy atom. The average molecular weight is 376 g/mol. The minimum absolute atomic E-state index is 0.383. The van der Waals surface area contributed by atoms with Gasteiger partial charge in [-0.2, -0.15) is 8.94 Å². The van der Waals surface area contributed by atoms with Crippen LogP contribution in [0.2, 0.25) is 10.0 Å². The van der Waals surface area contributed by atoms with Gasteiger partial charge in [-0.05, 0) is 24.3 Å². The number of rotatable bonds is 5. The van der Waals surface area contributed by atoms with Crippen LogP contribution in [0.3, 0.4) is 0 Å². The standard InChI is InChI=1S/C16H13Cl2FO3S/c1-10(20)16(19)23(21,22)15(11-2-6-13(17)7-3-11)12-4-8-14(18)9-5-12/h2-9,15-16H,1H3/p+1. The Balaban J connectivity index is 2.60. The number of hydrogen-bond donors (Lipinski definition) is 1. The van der Waals surface area contributed by atoms with Gasteiger partial charge in [0.2, 0.25) is 11.0 Å². The molecule has 0 aliphatic rings. The zero-order valence-corrected chi connectivity index (χ0v) is 14.4. The third kappa shape index (κ3) is 3.98. The highest BCUT2D eigenvalue weighted by atomic mass is 35.5. The second-order valence-corrected chi connectivity index (χ2v) is 8.01. The molecule has 122 valence electrons. The van der Waals surface area contributed by atoms with Gasteiger partial charge >= 0.3 is 5.50 Å². The molecule has 7 heteroatoms. The molecular weight excluding hydrogens is 362 g/mol. The number of halogens is 3. The molecule has 2 aromatic rings. The molecule has 0 saturated heterocycles. The number of benzene rings is 2.